The van der Waals surface area contributed by atoms with Gasteiger partial charge in [-0.2, -0.15) is 0 Å². The number of ether oxygens (including phenoxy) is 1. The standard InChI is InChI=1S/C21H28N4O3/c1-21(2,3)28-20(27)25-12-10-14(13-25)23-17-9-8-16(19(26)24(4)5)18-15(17)7-6-11-22-18/h6-9,11,14,23H,10,12-13H2,1-5H3/t14-/m0/s1. The minimum absolute atomic E-state index is 0.0767. The Morgan fingerprint density at radius 3 is 2.68 bits per heavy atom. The highest BCUT2D eigenvalue weighted by Crippen LogP contribution is 2.28. The molecule has 1 fully saturated rings. The van der Waals surface area contributed by atoms with Crippen LogP contribution in [0.15, 0.2) is 30.5 Å². The molecule has 3 rings (SSSR count). The van der Waals surface area contributed by atoms with Gasteiger partial charge in [0.05, 0.1) is 11.1 Å². The molecule has 1 aliphatic heterocycles. The van der Waals surface area contributed by atoms with Crippen molar-refractivity contribution in [3.63, 3.8) is 0 Å². The second kappa shape index (κ2) is 7.66. The van der Waals surface area contributed by atoms with E-state index in [0.717, 1.165) is 17.5 Å². The minimum Gasteiger partial charge on any atom is -0.444 e. The number of carbonyl (C=O) groups is 2. The van der Waals surface area contributed by atoms with E-state index in [9.17, 15) is 9.59 Å². The third kappa shape index (κ3) is 4.35. The van der Waals surface area contributed by atoms with Crippen LogP contribution in [0.25, 0.3) is 10.9 Å². The van der Waals surface area contributed by atoms with Gasteiger partial charge >= 0.3 is 6.09 Å². The van der Waals surface area contributed by atoms with E-state index in [1.54, 1.807) is 36.2 Å². The van der Waals surface area contributed by atoms with Crippen molar-refractivity contribution < 1.29 is 14.3 Å². The van der Waals surface area contributed by atoms with Gasteiger partial charge in [-0.3, -0.25) is 9.78 Å². The molecule has 0 aliphatic carbocycles. The molecule has 7 nitrogen and oxygen atoms in total. The molecule has 2 aromatic rings. The summed E-state index contributed by atoms with van der Waals surface area (Å²) in [6.07, 6.45) is 2.24. The smallest absolute Gasteiger partial charge is 0.410 e. The number of fused-ring (bicyclic) bond motifs is 1. The average molecular weight is 384 g/mol. The van der Waals surface area contributed by atoms with Gasteiger partial charge in [-0.05, 0) is 51.5 Å². The topological polar surface area (TPSA) is 74.8 Å². The first-order valence-electron chi connectivity index (χ1n) is 9.49. The Labute approximate surface area is 165 Å². The largest absolute Gasteiger partial charge is 0.444 e. The van der Waals surface area contributed by atoms with E-state index in [1.807, 2.05) is 39.0 Å². The van der Waals surface area contributed by atoms with Crippen LogP contribution in [0.2, 0.25) is 0 Å². The predicted molar refractivity (Wildman–Crippen MR) is 110 cm³/mol. The molecule has 2 amide bonds. The van der Waals surface area contributed by atoms with Crippen LogP contribution in [-0.2, 0) is 4.74 Å². The van der Waals surface area contributed by atoms with Crippen LogP contribution in [0.5, 0.6) is 0 Å². The maximum absolute atomic E-state index is 12.5. The first-order chi connectivity index (χ1) is 13.2. The van der Waals surface area contributed by atoms with Crippen molar-refractivity contribution in [1.29, 1.82) is 0 Å². The molecule has 0 bridgehead atoms. The van der Waals surface area contributed by atoms with Gasteiger partial charge in [-0.15, -0.1) is 0 Å². The van der Waals surface area contributed by atoms with Gasteiger partial charge in [0, 0.05) is 50.5 Å². The van der Waals surface area contributed by atoms with Crippen LogP contribution < -0.4 is 5.32 Å². The molecule has 1 atom stereocenters. The molecular weight excluding hydrogens is 356 g/mol. The zero-order chi connectivity index (χ0) is 20.5. The van der Waals surface area contributed by atoms with E-state index in [0.29, 0.717) is 24.2 Å². The lowest BCUT2D eigenvalue weighted by Gasteiger charge is -2.24. The maximum Gasteiger partial charge on any atom is 0.410 e. The summed E-state index contributed by atoms with van der Waals surface area (Å²) in [6.45, 7) is 6.83. The third-order valence-corrected chi connectivity index (χ3v) is 4.61. The summed E-state index contributed by atoms with van der Waals surface area (Å²) < 4.78 is 5.46. The third-order valence-electron chi connectivity index (χ3n) is 4.61. The molecule has 150 valence electrons. The van der Waals surface area contributed by atoms with Crippen molar-refractivity contribution in [2.45, 2.75) is 38.8 Å². The van der Waals surface area contributed by atoms with E-state index in [-0.39, 0.29) is 18.0 Å². The average Bonchev–Trinajstić information content (AvgIpc) is 3.09. The van der Waals surface area contributed by atoms with Crippen molar-refractivity contribution in [3.05, 3.63) is 36.0 Å². The number of likely N-dealkylation sites (tertiary alicyclic amines) is 1. The van der Waals surface area contributed by atoms with Gasteiger partial charge in [0.1, 0.15) is 5.60 Å². The van der Waals surface area contributed by atoms with E-state index >= 15 is 0 Å². The van der Waals surface area contributed by atoms with Gasteiger partial charge in [-0.25, -0.2) is 4.79 Å². The Kier molecular flexibility index (Phi) is 5.45. The van der Waals surface area contributed by atoms with Crippen LogP contribution in [0, 0.1) is 0 Å². The summed E-state index contributed by atoms with van der Waals surface area (Å²) in [7, 11) is 3.46. The van der Waals surface area contributed by atoms with Crippen molar-refractivity contribution in [1.82, 2.24) is 14.8 Å². The lowest BCUT2D eigenvalue weighted by Crippen LogP contribution is -2.36. The number of hydrogen-bond donors (Lipinski definition) is 1. The monoisotopic (exact) mass is 384 g/mol. The van der Waals surface area contributed by atoms with E-state index in [1.165, 1.54) is 0 Å². The number of hydrogen-bond acceptors (Lipinski definition) is 5. The number of amides is 2. The summed E-state index contributed by atoms with van der Waals surface area (Å²) in [5.41, 5.74) is 1.66. The quantitative estimate of drug-likeness (QED) is 0.878. The molecule has 0 saturated carbocycles. The van der Waals surface area contributed by atoms with Crippen LogP contribution in [0.4, 0.5) is 10.5 Å². The fourth-order valence-electron chi connectivity index (χ4n) is 3.30. The molecule has 7 heteroatoms. The summed E-state index contributed by atoms with van der Waals surface area (Å²) >= 11 is 0. The molecule has 1 aliphatic rings. The number of carbonyl (C=O) groups excluding carboxylic acids is 2. The molecular formula is C21H28N4O3. The number of rotatable bonds is 3. The van der Waals surface area contributed by atoms with Crippen LogP contribution >= 0.6 is 0 Å². The number of anilines is 1. The van der Waals surface area contributed by atoms with Crippen molar-refractivity contribution in [3.8, 4) is 0 Å². The second-order valence-electron chi connectivity index (χ2n) is 8.32. The van der Waals surface area contributed by atoms with Gasteiger partial charge in [-0.1, -0.05) is 0 Å². The van der Waals surface area contributed by atoms with Gasteiger partial charge in [0.25, 0.3) is 5.91 Å². The molecule has 1 aromatic carbocycles. The van der Waals surface area contributed by atoms with Crippen LogP contribution in [0.1, 0.15) is 37.6 Å². The zero-order valence-electron chi connectivity index (χ0n) is 17.2. The van der Waals surface area contributed by atoms with E-state index < -0.39 is 5.60 Å². The molecule has 28 heavy (non-hydrogen) atoms. The van der Waals surface area contributed by atoms with Crippen LogP contribution in [-0.4, -0.2) is 65.6 Å². The Bertz CT molecular complexity index is 889. The molecule has 0 unspecified atom stereocenters. The Morgan fingerprint density at radius 1 is 1.25 bits per heavy atom. The lowest BCUT2D eigenvalue weighted by atomic mass is 10.1. The molecule has 2 heterocycles. The summed E-state index contributed by atoms with van der Waals surface area (Å²) in [5, 5.41) is 4.41. The summed E-state index contributed by atoms with van der Waals surface area (Å²) in [6, 6.07) is 7.65. The van der Waals surface area contributed by atoms with Crippen LogP contribution in [0.3, 0.4) is 0 Å². The highest BCUT2D eigenvalue weighted by atomic mass is 16.6. The Morgan fingerprint density at radius 2 is 2.00 bits per heavy atom. The van der Waals surface area contributed by atoms with Crippen molar-refractivity contribution in [2.75, 3.05) is 32.5 Å². The molecule has 1 aromatic heterocycles. The van der Waals surface area contributed by atoms with Gasteiger partial charge < -0.3 is 19.9 Å². The number of benzene rings is 1. The fraction of sp³-hybridized carbons (Fsp3) is 0.476. The first kappa shape index (κ1) is 19.9. The normalized spacial score (nSPS) is 16.9. The number of pyridine rings is 1. The first-order valence-corrected chi connectivity index (χ1v) is 9.49. The highest BCUT2D eigenvalue weighted by molar-refractivity contribution is 6.08. The fourth-order valence-corrected chi connectivity index (χ4v) is 3.30. The molecule has 0 radical (unpaired) electrons. The molecule has 0 spiro atoms. The molecule has 1 saturated heterocycles. The summed E-state index contributed by atoms with van der Waals surface area (Å²) in [4.78, 5) is 32.4. The maximum atomic E-state index is 12.5. The number of aromatic nitrogens is 1. The van der Waals surface area contributed by atoms with Crippen molar-refractivity contribution >= 4 is 28.6 Å². The van der Waals surface area contributed by atoms with E-state index in [4.69, 9.17) is 4.74 Å². The number of nitrogens with one attached hydrogen (secondary N) is 1. The lowest BCUT2D eigenvalue weighted by molar-refractivity contribution is 0.0293. The molecule has 1 N–H and O–H groups in total. The Balaban J connectivity index is 1.78. The van der Waals surface area contributed by atoms with E-state index in [2.05, 4.69) is 10.3 Å². The second-order valence-corrected chi connectivity index (χ2v) is 8.32. The predicted octanol–water partition coefficient (Wildman–Crippen LogP) is 3.36. The summed E-state index contributed by atoms with van der Waals surface area (Å²) in [5.74, 6) is -0.0767. The van der Waals surface area contributed by atoms with Crippen molar-refractivity contribution in [2.24, 2.45) is 0 Å². The SMILES string of the molecule is CN(C)C(=O)c1ccc(N[C@H]2CCN(C(=O)OC(C)(C)C)C2)c2cccnc12. The van der Waals surface area contributed by atoms with Gasteiger partial charge in [0.15, 0.2) is 0 Å². The minimum atomic E-state index is -0.501. The highest BCUT2D eigenvalue weighted by Gasteiger charge is 2.30. The number of nitrogens with zero attached hydrogens (tertiary/aromatic N) is 3. The zero-order valence-corrected chi connectivity index (χ0v) is 17.2. The Hall–Kier alpha value is -2.83. The van der Waals surface area contributed by atoms with Gasteiger partial charge in [0.2, 0.25) is 0 Å².